The van der Waals surface area contributed by atoms with Crippen LogP contribution in [0, 0.1) is 0 Å². The van der Waals surface area contributed by atoms with Crippen molar-refractivity contribution in [2.45, 2.75) is 63.5 Å². The number of aliphatic hydroxyl groups excluding tert-OH is 2. The smallest absolute Gasteiger partial charge is 0.459 e. The maximum absolute atomic E-state index is 13.8. The number of nitrogens with one attached hydrogen (secondary N) is 1. The lowest BCUT2D eigenvalue weighted by Gasteiger charge is -2.29. The van der Waals surface area contributed by atoms with E-state index >= 15 is 0 Å². The van der Waals surface area contributed by atoms with Crippen LogP contribution in [-0.4, -0.2) is 62.4 Å². The summed E-state index contributed by atoms with van der Waals surface area (Å²) in [5.74, 6) is -0.739. The maximum atomic E-state index is 13.8. The first kappa shape index (κ1) is 30.1. The molecule has 1 saturated heterocycles. The standard InChI is InChI=1S/C22H30N7O9P/c1-4-13(2)36-20(32)14(3)26-39(34,38-15-8-6-5-7-9-15)35-12-22(27-28-24)18(31)17(30)19(37-22)29-11-10-16(23)25-21(29)33/h5-11,13-14,17-19,30-31H,4,12H2,1-3H3,(H,26,34)(H2,23,25,33)/t13?,14-,17+,18-,19+,22+,39?/m0/s1. The van der Waals surface area contributed by atoms with E-state index in [0.29, 0.717) is 6.42 Å². The average Bonchev–Trinajstić information content (AvgIpc) is 3.13. The summed E-state index contributed by atoms with van der Waals surface area (Å²) in [6.07, 6.45) is -4.05. The SMILES string of the molecule is CCC(C)OC(=O)[C@H](C)NP(=O)(OC[C@@]1(N=[N+]=[N-])O[C@@H](n2ccc(N)nc2=O)[C@H](O)[C@@H]1O)Oc1ccccc1. The summed E-state index contributed by atoms with van der Waals surface area (Å²) >= 11 is 0. The molecule has 2 aromatic rings. The zero-order chi connectivity index (χ0) is 28.8. The molecular formula is C22H30N7O9P. The number of para-hydroxylation sites is 1. The van der Waals surface area contributed by atoms with Gasteiger partial charge in [0.2, 0.25) is 5.72 Å². The fraction of sp³-hybridized carbons (Fsp3) is 0.500. The van der Waals surface area contributed by atoms with Gasteiger partial charge in [0, 0.05) is 11.1 Å². The predicted octanol–water partition coefficient (Wildman–Crippen LogP) is 1.61. The Morgan fingerprint density at radius 2 is 2.05 bits per heavy atom. The molecule has 0 radical (unpaired) electrons. The molecule has 2 heterocycles. The number of ether oxygens (including phenoxy) is 2. The predicted molar refractivity (Wildman–Crippen MR) is 136 cm³/mol. The van der Waals surface area contributed by atoms with Crippen LogP contribution < -0.4 is 21.0 Å². The molecule has 0 aliphatic carbocycles. The molecule has 5 N–H and O–H groups in total. The van der Waals surface area contributed by atoms with Gasteiger partial charge >= 0.3 is 19.4 Å². The van der Waals surface area contributed by atoms with Crippen molar-refractivity contribution in [1.82, 2.24) is 14.6 Å². The van der Waals surface area contributed by atoms with Crippen molar-refractivity contribution in [2.24, 2.45) is 5.11 Å². The van der Waals surface area contributed by atoms with Gasteiger partial charge in [-0.1, -0.05) is 30.2 Å². The van der Waals surface area contributed by atoms with Crippen molar-refractivity contribution >= 4 is 19.5 Å². The fourth-order valence-electron chi connectivity index (χ4n) is 3.48. The molecular weight excluding hydrogens is 537 g/mol. The van der Waals surface area contributed by atoms with Crippen molar-refractivity contribution in [3.8, 4) is 5.75 Å². The van der Waals surface area contributed by atoms with Crippen LogP contribution in [0.25, 0.3) is 10.4 Å². The van der Waals surface area contributed by atoms with Gasteiger partial charge in [-0.05, 0) is 44.0 Å². The van der Waals surface area contributed by atoms with Crippen LogP contribution in [0.5, 0.6) is 5.75 Å². The number of esters is 1. The van der Waals surface area contributed by atoms with Gasteiger partial charge in [0.1, 0.15) is 29.8 Å². The third-order valence-electron chi connectivity index (χ3n) is 5.75. The highest BCUT2D eigenvalue weighted by Crippen LogP contribution is 2.48. The molecule has 0 bridgehead atoms. The summed E-state index contributed by atoms with van der Waals surface area (Å²) in [6, 6.07) is 7.91. The highest BCUT2D eigenvalue weighted by Gasteiger charge is 2.56. The van der Waals surface area contributed by atoms with Gasteiger partial charge in [-0.15, -0.1) is 0 Å². The van der Waals surface area contributed by atoms with Gasteiger partial charge in [0.05, 0.1) is 12.7 Å². The molecule has 1 aliphatic rings. The summed E-state index contributed by atoms with van der Waals surface area (Å²) in [4.78, 5) is 31.0. The molecule has 17 heteroatoms. The average molecular weight is 567 g/mol. The van der Waals surface area contributed by atoms with E-state index in [4.69, 9.17) is 24.3 Å². The Kier molecular flexibility index (Phi) is 9.69. The second-order valence-corrected chi connectivity index (χ2v) is 10.4. The van der Waals surface area contributed by atoms with Gasteiger partial charge in [-0.3, -0.25) is 13.9 Å². The first-order chi connectivity index (χ1) is 18.4. The number of nitrogen functional groups attached to an aromatic ring is 1. The summed E-state index contributed by atoms with van der Waals surface area (Å²) in [5, 5.41) is 27.4. The number of rotatable bonds is 12. The first-order valence-corrected chi connectivity index (χ1v) is 13.4. The minimum atomic E-state index is -4.48. The van der Waals surface area contributed by atoms with E-state index in [0.717, 1.165) is 10.8 Å². The third-order valence-corrected chi connectivity index (χ3v) is 7.37. The molecule has 0 amide bonds. The van der Waals surface area contributed by atoms with Gasteiger partial charge < -0.3 is 29.9 Å². The van der Waals surface area contributed by atoms with Gasteiger partial charge in [-0.25, -0.2) is 9.36 Å². The number of nitrogens with two attached hydrogens (primary N) is 1. The zero-order valence-corrected chi connectivity index (χ0v) is 22.2. The monoisotopic (exact) mass is 567 g/mol. The Labute approximate surface area is 222 Å². The molecule has 1 aromatic carbocycles. The van der Waals surface area contributed by atoms with E-state index < -0.39 is 62.3 Å². The van der Waals surface area contributed by atoms with Crippen molar-refractivity contribution in [3.63, 3.8) is 0 Å². The largest absolute Gasteiger partial charge is 0.462 e. The molecule has 3 rings (SSSR count). The van der Waals surface area contributed by atoms with Crippen LogP contribution in [0.1, 0.15) is 33.4 Å². The number of aliphatic hydroxyl groups is 2. The van der Waals surface area contributed by atoms with Crippen molar-refractivity contribution in [3.05, 3.63) is 63.5 Å². The lowest BCUT2D eigenvalue weighted by molar-refractivity contribution is -0.150. The second-order valence-electron chi connectivity index (χ2n) is 8.70. The Balaban J connectivity index is 1.89. The highest BCUT2D eigenvalue weighted by atomic mass is 31.2. The minimum absolute atomic E-state index is 0.0963. The fourth-order valence-corrected chi connectivity index (χ4v) is 4.99. The molecule has 39 heavy (non-hydrogen) atoms. The van der Waals surface area contributed by atoms with Crippen LogP contribution in [0.4, 0.5) is 5.82 Å². The zero-order valence-electron chi connectivity index (χ0n) is 21.4. The summed E-state index contributed by atoms with van der Waals surface area (Å²) in [7, 11) is -4.48. The number of hydrogen-bond acceptors (Lipinski definition) is 12. The van der Waals surface area contributed by atoms with Crippen LogP contribution in [0.3, 0.4) is 0 Å². The van der Waals surface area contributed by atoms with Crippen LogP contribution >= 0.6 is 7.75 Å². The summed E-state index contributed by atoms with van der Waals surface area (Å²) < 4.78 is 36.6. The maximum Gasteiger partial charge on any atom is 0.459 e. The molecule has 2 unspecified atom stereocenters. The number of azide groups is 1. The van der Waals surface area contributed by atoms with Crippen LogP contribution in [0.2, 0.25) is 0 Å². The van der Waals surface area contributed by atoms with Gasteiger partial charge in [0.15, 0.2) is 6.23 Å². The van der Waals surface area contributed by atoms with E-state index in [1.165, 1.54) is 25.1 Å². The molecule has 212 valence electrons. The molecule has 1 aromatic heterocycles. The Hall–Kier alpha value is -3.49. The number of carbonyl (C=O) groups is 1. The minimum Gasteiger partial charge on any atom is -0.462 e. The number of nitrogens with zero attached hydrogens (tertiary/aromatic N) is 5. The lowest BCUT2D eigenvalue weighted by atomic mass is 10.1. The summed E-state index contributed by atoms with van der Waals surface area (Å²) in [6.45, 7) is 3.95. The second kappa shape index (κ2) is 12.6. The van der Waals surface area contributed by atoms with Crippen molar-refractivity contribution in [1.29, 1.82) is 0 Å². The summed E-state index contributed by atoms with van der Waals surface area (Å²) in [5.41, 5.74) is 11.4. The molecule has 1 fully saturated rings. The molecule has 1 aliphatic heterocycles. The molecule has 16 nitrogen and oxygen atoms in total. The number of hydrogen-bond donors (Lipinski definition) is 4. The number of aromatic nitrogens is 2. The number of benzene rings is 1. The first-order valence-electron chi connectivity index (χ1n) is 11.9. The lowest BCUT2D eigenvalue weighted by Crippen LogP contribution is -2.46. The Bertz CT molecular complexity index is 1310. The molecule has 0 spiro atoms. The number of anilines is 1. The van der Waals surface area contributed by atoms with Gasteiger partial charge in [-0.2, -0.15) is 10.1 Å². The van der Waals surface area contributed by atoms with Crippen LogP contribution in [-0.2, 0) is 23.4 Å². The van der Waals surface area contributed by atoms with E-state index in [2.05, 4.69) is 20.1 Å². The van der Waals surface area contributed by atoms with E-state index in [9.17, 15) is 29.9 Å². The van der Waals surface area contributed by atoms with Crippen LogP contribution in [0.15, 0.2) is 52.5 Å². The van der Waals surface area contributed by atoms with E-state index in [-0.39, 0.29) is 11.6 Å². The quantitative estimate of drug-likeness (QED) is 0.0941. The third kappa shape index (κ3) is 7.13. The van der Waals surface area contributed by atoms with E-state index in [1.54, 1.807) is 25.1 Å². The molecule has 0 saturated carbocycles. The highest BCUT2D eigenvalue weighted by molar-refractivity contribution is 7.52. The van der Waals surface area contributed by atoms with E-state index in [1.807, 2.05) is 6.92 Å². The topological polar surface area (TPSA) is 233 Å². The Morgan fingerprint density at radius 1 is 1.36 bits per heavy atom. The van der Waals surface area contributed by atoms with Crippen molar-refractivity contribution in [2.75, 3.05) is 12.3 Å². The van der Waals surface area contributed by atoms with Gasteiger partial charge in [0.25, 0.3) is 0 Å². The normalized spacial score (nSPS) is 25.6. The Morgan fingerprint density at radius 3 is 2.67 bits per heavy atom. The van der Waals surface area contributed by atoms with Crippen molar-refractivity contribution < 1.29 is 38.1 Å². The molecule has 7 atom stereocenters. The number of carbonyl (C=O) groups excluding carboxylic acids is 1.